The van der Waals surface area contributed by atoms with Gasteiger partial charge in [-0.15, -0.1) is 0 Å². The second-order valence-electron chi connectivity index (χ2n) is 2.98. The average Bonchev–Trinajstić information content (AvgIpc) is 1.98. The summed E-state index contributed by atoms with van der Waals surface area (Å²) in [6, 6.07) is 0. The van der Waals surface area contributed by atoms with Crippen LogP contribution >= 0.6 is 49.9 Å². The minimum absolute atomic E-state index is 1.50. The predicted molar refractivity (Wildman–Crippen MR) is 67.5 cm³/mol. The Kier molecular flexibility index (Phi) is 6.60. The summed E-state index contributed by atoms with van der Waals surface area (Å²) in [4.78, 5) is 0. The van der Waals surface area contributed by atoms with Crippen molar-refractivity contribution in [2.45, 2.75) is 21.6 Å². The Bertz CT molecular complexity index is 292. The fraction of sp³-hybridized carbons (Fsp3) is 1.00. The molecule has 13 heteroatoms. The van der Waals surface area contributed by atoms with Gasteiger partial charge in [-0.2, -0.15) is 5.09 Å². The highest BCUT2D eigenvalue weighted by Gasteiger charge is 2.42. The van der Waals surface area contributed by atoms with Gasteiger partial charge in [-0.3, -0.25) is 4.57 Å². The van der Waals surface area contributed by atoms with Crippen molar-refractivity contribution in [3.63, 3.8) is 0 Å². The van der Waals surface area contributed by atoms with Crippen molar-refractivity contribution < 1.29 is 30.1 Å². The van der Waals surface area contributed by atoms with Crippen LogP contribution in [0.2, 0.25) is 0 Å². The highest BCUT2D eigenvalue weighted by Crippen LogP contribution is 2.46. The van der Waals surface area contributed by atoms with E-state index in [4.69, 9.17) is 39.5 Å². The largest absolute Gasteiger partial charge is 0.381 e. The van der Waals surface area contributed by atoms with Crippen LogP contribution in [0.3, 0.4) is 0 Å². The third-order valence-corrected chi connectivity index (χ3v) is 4.43. The van der Waals surface area contributed by atoms with Gasteiger partial charge in [0.2, 0.25) is 0 Å². The van der Waals surface area contributed by atoms with Crippen LogP contribution in [0, 0.1) is 0 Å². The molecule has 4 unspecified atom stereocenters. The number of alkyl halides is 2. The van der Waals surface area contributed by atoms with Crippen molar-refractivity contribution in [2.24, 2.45) is 0 Å². The molecule has 0 heterocycles. The summed E-state index contributed by atoms with van der Waals surface area (Å²) >= 11 is 10.2. The molecule has 0 aliphatic rings. The van der Waals surface area contributed by atoms with Crippen LogP contribution < -0.4 is 10.2 Å². The van der Waals surface area contributed by atoms with Gasteiger partial charge in [0.15, 0.2) is 5.01 Å². The first kappa shape index (κ1) is 18.3. The standard InChI is InChI=1S/C4H9BBr2ClN2O6P/c5-3(13,1(6)11)9-17(8,16)10-4(14,15)2(7)12/h1-2,11-15H,(H2,9,10,16). The van der Waals surface area contributed by atoms with E-state index < -0.39 is 28.4 Å². The number of rotatable bonds is 6. The smallest absolute Gasteiger partial charge is 0.305 e. The lowest BCUT2D eigenvalue weighted by Crippen LogP contribution is -2.56. The molecule has 2 radical (unpaired) electrons. The van der Waals surface area contributed by atoms with Crippen LogP contribution in [-0.2, 0) is 4.57 Å². The van der Waals surface area contributed by atoms with Gasteiger partial charge in [-0.25, -0.2) is 5.09 Å². The van der Waals surface area contributed by atoms with E-state index >= 15 is 0 Å². The molecule has 0 aliphatic heterocycles. The molecule has 0 aromatic heterocycles. The van der Waals surface area contributed by atoms with E-state index in [1.165, 1.54) is 5.09 Å². The molecule has 0 rings (SSSR count). The van der Waals surface area contributed by atoms with E-state index in [0.717, 1.165) is 0 Å². The molecule has 0 bridgehead atoms. The van der Waals surface area contributed by atoms with Gasteiger partial charge < -0.3 is 25.5 Å². The van der Waals surface area contributed by atoms with Crippen molar-refractivity contribution in [1.82, 2.24) is 10.2 Å². The highest BCUT2D eigenvalue weighted by atomic mass is 79.9. The van der Waals surface area contributed by atoms with Gasteiger partial charge in [0.05, 0.1) is 0 Å². The molecule has 7 N–H and O–H groups in total. The molecule has 0 fully saturated rings. The number of aliphatic hydroxyl groups is 5. The lowest BCUT2D eigenvalue weighted by molar-refractivity contribution is -0.204. The first-order valence-corrected chi connectivity index (χ1v) is 8.23. The molecular weight excluding hydrogens is 409 g/mol. The van der Waals surface area contributed by atoms with E-state index in [1.807, 2.05) is 0 Å². The SMILES string of the molecule is [B]C(O)(NP(=O)(Cl)NC(O)(O)C(O)Br)C(O)Br. The fourth-order valence-corrected chi connectivity index (χ4v) is 3.12. The summed E-state index contributed by atoms with van der Waals surface area (Å²) in [7, 11) is 5.05. The second kappa shape index (κ2) is 6.14. The predicted octanol–water partition coefficient (Wildman–Crippen LogP) is -1.61. The van der Waals surface area contributed by atoms with E-state index in [0.29, 0.717) is 0 Å². The summed E-state index contributed by atoms with van der Waals surface area (Å²) in [5.74, 6) is -3.06. The maximum absolute atomic E-state index is 11.6. The molecule has 0 saturated heterocycles. The first-order valence-electron chi connectivity index (χ1n) is 3.79. The van der Waals surface area contributed by atoms with Crippen LogP contribution in [0.5, 0.6) is 0 Å². The van der Waals surface area contributed by atoms with E-state index in [-0.39, 0.29) is 0 Å². The Morgan fingerprint density at radius 3 is 1.88 bits per heavy atom. The lowest BCUT2D eigenvalue weighted by atomic mass is 9.93. The zero-order chi connectivity index (χ0) is 14.1. The summed E-state index contributed by atoms with van der Waals surface area (Å²) in [5, 5.41) is 44.8. The van der Waals surface area contributed by atoms with Crippen molar-refractivity contribution in [3.05, 3.63) is 0 Å². The maximum atomic E-state index is 11.6. The van der Waals surface area contributed by atoms with Crippen molar-refractivity contribution in [3.8, 4) is 0 Å². The molecule has 0 aromatic rings. The molecule has 100 valence electrons. The summed E-state index contributed by atoms with van der Waals surface area (Å²) in [5.41, 5.74) is -2.61. The number of halogens is 3. The van der Waals surface area contributed by atoms with Crippen molar-refractivity contribution in [1.29, 1.82) is 0 Å². The molecule has 8 nitrogen and oxygen atoms in total. The van der Waals surface area contributed by atoms with E-state index in [2.05, 4.69) is 31.9 Å². The minimum atomic E-state index is -4.33. The van der Waals surface area contributed by atoms with Crippen LogP contribution in [0.1, 0.15) is 0 Å². The number of nitrogens with one attached hydrogen (secondary N) is 2. The molecule has 0 amide bonds. The molecule has 0 saturated carbocycles. The molecular formula is C4H9BBr2ClN2O6P. The minimum Gasteiger partial charge on any atom is -0.381 e. The topological polar surface area (TPSA) is 142 Å². The highest BCUT2D eigenvalue weighted by molar-refractivity contribution is 9.09. The summed E-state index contributed by atoms with van der Waals surface area (Å²) in [6.07, 6.45) is 0. The first-order chi connectivity index (χ1) is 7.30. The van der Waals surface area contributed by atoms with Gasteiger partial charge in [0.1, 0.15) is 18.5 Å². The van der Waals surface area contributed by atoms with Gasteiger partial charge in [-0.1, -0.05) is 31.9 Å². The lowest BCUT2D eigenvalue weighted by Gasteiger charge is -2.33. The van der Waals surface area contributed by atoms with Crippen LogP contribution in [0.25, 0.3) is 0 Å². The van der Waals surface area contributed by atoms with Gasteiger partial charge in [0, 0.05) is 0 Å². The Morgan fingerprint density at radius 2 is 1.59 bits per heavy atom. The second-order valence-corrected chi connectivity index (χ2v) is 7.65. The maximum Gasteiger partial charge on any atom is 0.305 e. The molecule has 0 spiro atoms. The monoisotopic (exact) mass is 416 g/mol. The molecule has 17 heavy (non-hydrogen) atoms. The van der Waals surface area contributed by atoms with Crippen molar-refractivity contribution in [2.75, 3.05) is 0 Å². The van der Waals surface area contributed by atoms with Gasteiger partial charge in [-0.05, 0) is 11.2 Å². The molecule has 0 aromatic carbocycles. The van der Waals surface area contributed by atoms with Gasteiger partial charge >= 0.3 is 6.80 Å². The Labute approximate surface area is 119 Å². The molecule has 0 aliphatic carbocycles. The van der Waals surface area contributed by atoms with Crippen molar-refractivity contribution >= 4 is 57.7 Å². The molecule has 4 atom stereocenters. The zero-order valence-corrected chi connectivity index (χ0v) is 12.8. The Hall–Kier alpha value is 1.26. The van der Waals surface area contributed by atoms with E-state index in [9.17, 15) is 9.67 Å². The summed E-state index contributed by atoms with van der Waals surface area (Å²) in [6.45, 7) is -4.33. The quantitative estimate of drug-likeness (QED) is 0.118. The number of aliphatic hydroxyl groups excluding tert-OH is 2. The van der Waals surface area contributed by atoms with Crippen LogP contribution in [0.15, 0.2) is 0 Å². The summed E-state index contributed by atoms with van der Waals surface area (Å²) < 4.78 is 11.6. The Balaban J connectivity index is 4.78. The van der Waals surface area contributed by atoms with Crippen LogP contribution in [0.4, 0.5) is 0 Å². The number of hydrogen-bond donors (Lipinski definition) is 7. The third kappa shape index (κ3) is 6.30. The normalized spacial score (nSPS) is 23.5. The average molecular weight is 418 g/mol. The number of hydrogen-bond acceptors (Lipinski definition) is 6. The third-order valence-electron chi connectivity index (χ3n) is 1.33. The Morgan fingerprint density at radius 1 is 1.18 bits per heavy atom. The van der Waals surface area contributed by atoms with E-state index in [1.54, 1.807) is 5.09 Å². The van der Waals surface area contributed by atoms with Gasteiger partial charge in [0.25, 0.3) is 5.91 Å². The zero-order valence-electron chi connectivity index (χ0n) is 7.96. The fourth-order valence-electron chi connectivity index (χ4n) is 0.576. The van der Waals surface area contributed by atoms with Crippen LogP contribution in [-0.4, -0.2) is 54.9 Å².